The summed E-state index contributed by atoms with van der Waals surface area (Å²) in [5.41, 5.74) is 0.926. The van der Waals surface area contributed by atoms with E-state index in [4.69, 9.17) is 4.74 Å². The van der Waals surface area contributed by atoms with E-state index in [1.54, 1.807) is 13.2 Å². The summed E-state index contributed by atoms with van der Waals surface area (Å²) >= 11 is 0. The van der Waals surface area contributed by atoms with Gasteiger partial charge in [0.1, 0.15) is 5.82 Å². The van der Waals surface area contributed by atoms with Crippen LogP contribution in [0.1, 0.15) is 22.8 Å². The molecule has 0 heterocycles. The molecule has 1 aromatic carbocycles. The standard InChI is InChI=1S/C12H16FNO2/c1-8-4-5-11(13)10(6-8)12(15)14-7-9(2)16-3/h4-6,9H,7H2,1-3H3,(H,14,15). The third kappa shape index (κ3) is 3.31. The van der Waals surface area contributed by atoms with Gasteiger partial charge in [-0.05, 0) is 26.0 Å². The fourth-order valence-electron chi connectivity index (χ4n) is 1.23. The Labute approximate surface area is 94.6 Å². The van der Waals surface area contributed by atoms with Crippen molar-refractivity contribution in [2.45, 2.75) is 20.0 Å². The van der Waals surface area contributed by atoms with Crippen LogP contribution in [0.2, 0.25) is 0 Å². The van der Waals surface area contributed by atoms with Crippen LogP contribution in [0, 0.1) is 12.7 Å². The number of benzene rings is 1. The van der Waals surface area contributed by atoms with Crippen molar-refractivity contribution in [3.05, 3.63) is 35.1 Å². The van der Waals surface area contributed by atoms with Gasteiger partial charge < -0.3 is 10.1 Å². The molecule has 1 amide bonds. The first kappa shape index (κ1) is 12.6. The fraction of sp³-hybridized carbons (Fsp3) is 0.417. The summed E-state index contributed by atoms with van der Waals surface area (Å²) in [6.07, 6.45) is -0.0863. The number of rotatable bonds is 4. The second-order valence-corrected chi connectivity index (χ2v) is 3.74. The third-order valence-corrected chi connectivity index (χ3v) is 2.32. The van der Waals surface area contributed by atoms with Crippen molar-refractivity contribution >= 4 is 5.91 Å². The number of ether oxygens (including phenoxy) is 1. The summed E-state index contributed by atoms with van der Waals surface area (Å²) in [7, 11) is 1.56. The Hall–Kier alpha value is -1.42. The highest BCUT2D eigenvalue weighted by atomic mass is 19.1. The third-order valence-electron chi connectivity index (χ3n) is 2.32. The molecule has 0 spiro atoms. The highest BCUT2D eigenvalue weighted by Crippen LogP contribution is 2.09. The van der Waals surface area contributed by atoms with Crippen molar-refractivity contribution in [3.8, 4) is 0 Å². The fourth-order valence-corrected chi connectivity index (χ4v) is 1.23. The average Bonchev–Trinajstić information content (AvgIpc) is 2.28. The minimum absolute atomic E-state index is 0.0725. The first-order chi connectivity index (χ1) is 7.54. The Balaban J connectivity index is 2.69. The predicted octanol–water partition coefficient (Wildman–Crippen LogP) is 1.90. The summed E-state index contributed by atoms with van der Waals surface area (Å²) in [6.45, 7) is 4.00. The van der Waals surface area contributed by atoms with E-state index in [1.807, 2.05) is 13.8 Å². The maximum Gasteiger partial charge on any atom is 0.254 e. The molecule has 4 heteroatoms. The van der Waals surface area contributed by atoms with E-state index in [1.165, 1.54) is 12.1 Å². The summed E-state index contributed by atoms with van der Waals surface area (Å²) < 4.78 is 18.3. The Morgan fingerprint density at radius 2 is 2.25 bits per heavy atom. The Morgan fingerprint density at radius 1 is 1.56 bits per heavy atom. The number of nitrogens with one attached hydrogen (secondary N) is 1. The van der Waals surface area contributed by atoms with Crippen LogP contribution >= 0.6 is 0 Å². The van der Waals surface area contributed by atoms with Crippen LogP contribution < -0.4 is 5.32 Å². The first-order valence-corrected chi connectivity index (χ1v) is 5.11. The smallest absolute Gasteiger partial charge is 0.254 e. The van der Waals surface area contributed by atoms with Gasteiger partial charge in [-0.3, -0.25) is 4.79 Å². The molecule has 16 heavy (non-hydrogen) atoms. The molecule has 1 unspecified atom stereocenters. The van der Waals surface area contributed by atoms with Gasteiger partial charge in [0.05, 0.1) is 11.7 Å². The van der Waals surface area contributed by atoms with Crippen molar-refractivity contribution in [1.82, 2.24) is 5.32 Å². The minimum atomic E-state index is -0.506. The lowest BCUT2D eigenvalue weighted by atomic mass is 10.1. The lowest BCUT2D eigenvalue weighted by Crippen LogP contribution is -2.32. The van der Waals surface area contributed by atoms with Gasteiger partial charge in [-0.1, -0.05) is 11.6 Å². The van der Waals surface area contributed by atoms with Gasteiger partial charge in [-0.2, -0.15) is 0 Å². The predicted molar refractivity (Wildman–Crippen MR) is 59.9 cm³/mol. The minimum Gasteiger partial charge on any atom is -0.380 e. The Morgan fingerprint density at radius 3 is 2.88 bits per heavy atom. The number of carbonyl (C=O) groups is 1. The van der Waals surface area contributed by atoms with Gasteiger partial charge in [-0.15, -0.1) is 0 Å². The quantitative estimate of drug-likeness (QED) is 0.850. The molecule has 1 atom stereocenters. The van der Waals surface area contributed by atoms with Crippen molar-refractivity contribution < 1.29 is 13.9 Å². The molecule has 0 saturated heterocycles. The molecule has 0 aliphatic rings. The molecule has 0 aliphatic heterocycles. The second-order valence-electron chi connectivity index (χ2n) is 3.74. The number of methoxy groups -OCH3 is 1. The van der Waals surface area contributed by atoms with Gasteiger partial charge in [0.15, 0.2) is 0 Å². The molecular formula is C12H16FNO2. The monoisotopic (exact) mass is 225 g/mol. The molecule has 0 aromatic heterocycles. The maximum absolute atomic E-state index is 13.3. The van der Waals surface area contributed by atoms with Crippen LogP contribution in [0.25, 0.3) is 0 Å². The summed E-state index contributed by atoms with van der Waals surface area (Å²) in [5, 5.41) is 2.61. The van der Waals surface area contributed by atoms with E-state index >= 15 is 0 Å². The first-order valence-electron chi connectivity index (χ1n) is 5.11. The highest BCUT2D eigenvalue weighted by Gasteiger charge is 2.12. The topological polar surface area (TPSA) is 38.3 Å². The zero-order valence-electron chi connectivity index (χ0n) is 9.71. The summed E-state index contributed by atoms with van der Waals surface area (Å²) in [5.74, 6) is -0.918. The van der Waals surface area contributed by atoms with E-state index < -0.39 is 11.7 Å². The number of halogens is 1. The summed E-state index contributed by atoms with van der Waals surface area (Å²) in [6, 6.07) is 4.45. The lowest BCUT2D eigenvalue weighted by molar-refractivity contribution is 0.0867. The van der Waals surface area contributed by atoms with E-state index in [9.17, 15) is 9.18 Å². The van der Waals surface area contributed by atoms with E-state index in [0.717, 1.165) is 5.56 Å². The second kappa shape index (κ2) is 5.61. The van der Waals surface area contributed by atoms with Crippen molar-refractivity contribution in [1.29, 1.82) is 0 Å². The molecule has 0 fully saturated rings. The Bertz CT molecular complexity index is 379. The van der Waals surface area contributed by atoms with Crippen LogP contribution in [0.15, 0.2) is 18.2 Å². The van der Waals surface area contributed by atoms with Gasteiger partial charge in [0, 0.05) is 13.7 Å². The molecule has 1 N–H and O–H groups in total. The van der Waals surface area contributed by atoms with Crippen LogP contribution in [-0.2, 0) is 4.74 Å². The number of hydrogen-bond donors (Lipinski definition) is 1. The SMILES string of the molecule is COC(C)CNC(=O)c1cc(C)ccc1F. The molecule has 1 rings (SSSR count). The number of amides is 1. The number of carbonyl (C=O) groups excluding carboxylic acids is 1. The number of aryl methyl sites for hydroxylation is 1. The molecule has 3 nitrogen and oxygen atoms in total. The zero-order valence-corrected chi connectivity index (χ0v) is 9.71. The van der Waals surface area contributed by atoms with Crippen LogP contribution in [0.4, 0.5) is 4.39 Å². The normalized spacial score (nSPS) is 12.2. The van der Waals surface area contributed by atoms with Crippen LogP contribution in [0.5, 0.6) is 0 Å². The highest BCUT2D eigenvalue weighted by molar-refractivity contribution is 5.94. The molecule has 1 aromatic rings. The molecule has 0 bridgehead atoms. The molecule has 88 valence electrons. The molecule has 0 saturated carbocycles. The maximum atomic E-state index is 13.3. The van der Waals surface area contributed by atoms with E-state index in [0.29, 0.717) is 6.54 Å². The molecule has 0 aliphatic carbocycles. The van der Waals surface area contributed by atoms with E-state index in [-0.39, 0.29) is 11.7 Å². The zero-order chi connectivity index (χ0) is 12.1. The molecular weight excluding hydrogens is 209 g/mol. The van der Waals surface area contributed by atoms with Crippen molar-refractivity contribution in [3.63, 3.8) is 0 Å². The Kier molecular flexibility index (Phi) is 4.43. The largest absolute Gasteiger partial charge is 0.380 e. The van der Waals surface area contributed by atoms with Crippen molar-refractivity contribution in [2.75, 3.05) is 13.7 Å². The van der Waals surface area contributed by atoms with Gasteiger partial charge in [0.2, 0.25) is 0 Å². The van der Waals surface area contributed by atoms with Gasteiger partial charge in [-0.25, -0.2) is 4.39 Å². The van der Waals surface area contributed by atoms with E-state index in [2.05, 4.69) is 5.32 Å². The average molecular weight is 225 g/mol. The summed E-state index contributed by atoms with van der Waals surface area (Å²) in [4.78, 5) is 11.6. The van der Waals surface area contributed by atoms with Crippen LogP contribution in [-0.4, -0.2) is 25.7 Å². The lowest BCUT2D eigenvalue weighted by Gasteiger charge is -2.11. The number of hydrogen-bond acceptors (Lipinski definition) is 2. The molecule has 0 radical (unpaired) electrons. The van der Waals surface area contributed by atoms with Crippen molar-refractivity contribution in [2.24, 2.45) is 0 Å². The van der Waals surface area contributed by atoms with Gasteiger partial charge in [0.25, 0.3) is 5.91 Å². The van der Waals surface area contributed by atoms with Crippen LogP contribution in [0.3, 0.4) is 0 Å². The van der Waals surface area contributed by atoms with Gasteiger partial charge >= 0.3 is 0 Å².